The first-order valence-corrected chi connectivity index (χ1v) is 8.80. The van der Waals surface area contributed by atoms with Crippen molar-refractivity contribution in [1.29, 1.82) is 5.26 Å². The Morgan fingerprint density at radius 3 is 2.67 bits per heavy atom. The van der Waals surface area contributed by atoms with E-state index in [1.54, 1.807) is 26.0 Å². The molecule has 0 amide bonds. The molecule has 0 saturated carbocycles. The van der Waals surface area contributed by atoms with Gasteiger partial charge in [-0.3, -0.25) is 4.79 Å². The second-order valence-corrected chi connectivity index (χ2v) is 7.33. The highest BCUT2D eigenvalue weighted by Crippen LogP contribution is 2.18. The highest BCUT2D eigenvalue weighted by molar-refractivity contribution is 7.91. The summed E-state index contributed by atoms with van der Waals surface area (Å²) in [7, 11) is -2.16. The SMILES string of the molecule is COc1cccc(S(=O)(=O)CCn2nc(C)c(C)c(C#N)c2=O)c1. The van der Waals surface area contributed by atoms with E-state index in [0.29, 0.717) is 17.0 Å². The van der Waals surface area contributed by atoms with Crippen LogP contribution < -0.4 is 10.3 Å². The van der Waals surface area contributed by atoms with E-state index < -0.39 is 15.4 Å². The topological polar surface area (TPSA) is 102 Å². The maximum absolute atomic E-state index is 12.4. The highest BCUT2D eigenvalue weighted by atomic mass is 32.2. The quantitative estimate of drug-likeness (QED) is 0.806. The molecule has 1 aromatic heterocycles. The standard InChI is InChI=1S/C16H17N3O4S/c1-11-12(2)18-19(16(20)15(11)10-17)7-8-24(21,22)14-6-4-5-13(9-14)23-3/h4-6,9H,7-8H2,1-3H3. The minimum atomic E-state index is -3.61. The van der Waals surface area contributed by atoms with Crippen LogP contribution in [0.2, 0.25) is 0 Å². The molecule has 0 aliphatic carbocycles. The van der Waals surface area contributed by atoms with Gasteiger partial charge in [-0.05, 0) is 37.6 Å². The summed E-state index contributed by atoms with van der Waals surface area (Å²) in [5, 5.41) is 13.2. The molecule has 126 valence electrons. The van der Waals surface area contributed by atoms with Crippen LogP contribution in [-0.4, -0.2) is 31.1 Å². The number of hydrogen-bond donors (Lipinski definition) is 0. The molecule has 0 saturated heterocycles. The molecule has 0 atom stereocenters. The second-order valence-electron chi connectivity index (χ2n) is 5.22. The molecule has 0 bridgehead atoms. The highest BCUT2D eigenvalue weighted by Gasteiger charge is 2.18. The fraction of sp³-hybridized carbons (Fsp3) is 0.312. The predicted octanol–water partition coefficient (Wildman–Crippen LogP) is 1.21. The van der Waals surface area contributed by atoms with Gasteiger partial charge >= 0.3 is 0 Å². The fourth-order valence-corrected chi connectivity index (χ4v) is 3.40. The molecule has 0 aliphatic heterocycles. The van der Waals surface area contributed by atoms with Crippen molar-refractivity contribution >= 4 is 9.84 Å². The van der Waals surface area contributed by atoms with Crippen LogP contribution in [0, 0.1) is 25.2 Å². The van der Waals surface area contributed by atoms with Crippen molar-refractivity contribution in [2.75, 3.05) is 12.9 Å². The lowest BCUT2D eigenvalue weighted by Crippen LogP contribution is -2.30. The summed E-state index contributed by atoms with van der Waals surface area (Å²) in [4.78, 5) is 12.3. The smallest absolute Gasteiger partial charge is 0.284 e. The normalized spacial score (nSPS) is 11.1. The zero-order valence-corrected chi connectivity index (χ0v) is 14.4. The summed E-state index contributed by atoms with van der Waals surface area (Å²) in [6.45, 7) is 3.18. The van der Waals surface area contributed by atoms with Gasteiger partial charge in [0, 0.05) is 0 Å². The Kier molecular flexibility index (Phi) is 5.04. The number of ether oxygens (including phenoxy) is 1. The Balaban J connectivity index is 2.32. The molecular weight excluding hydrogens is 330 g/mol. The van der Waals surface area contributed by atoms with Gasteiger partial charge in [-0.1, -0.05) is 6.07 Å². The van der Waals surface area contributed by atoms with Crippen LogP contribution in [-0.2, 0) is 16.4 Å². The first-order chi connectivity index (χ1) is 11.3. The maximum atomic E-state index is 12.4. The zero-order chi connectivity index (χ0) is 17.9. The molecule has 0 fully saturated rings. The summed E-state index contributed by atoms with van der Waals surface area (Å²) in [6, 6.07) is 7.97. The summed E-state index contributed by atoms with van der Waals surface area (Å²) in [5.41, 5.74) is 0.432. The van der Waals surface area contributed by atoms with Gasteiger partial charge in [0.1, 0.15) is 17.4 Å². The minimum Gasteiger partial charge on any atom is -0.497 e. The first kappa shape index (κ1) is 17.7. The fourth-order valence-electron chi connectivity index (χ4n) is 2.17. The number of rotatable bonds is 5. The lowest BCUT2D eigenvalue weighted by Gasteiger charge is -2.10. The average Bonchev–Trinajstić information content (AvgIpc) is 2.57. The molecule has 0 radical (unpaired) electrons. The average molecular weight is 347 g/mol. The molecule has 24 heavy (non-hydrogen) atoms. The predicted molar refractivity (Wildman–Crippen MR) is 87.7 cm³/mol. The van der Waals surface area contributed by atoms with Crippen LogP contribution in [0.15, 0.2) is 34.0 Å². The van der Waals surface area contributed by atoms with E-state index in [1.165, 1.54) is 19.2 Å². The largest absolute Gasteiger partial charge is 0.497 e. The molecule has 2 rings (SSSR count). The van der Waals surface area contributed by atoms with Crippen LogP contribution in [0.1, 0.15) is 16.8 Å². The van der Waals surface area contributed by atoms with Crippen molar-refractivity contribution in [2.45, 2.75) is 25.3 Å². The molecule has 1 aromatic carbocycles. The van der Waals surface area contributed by atoms with Gasteiger partial charge in [0.05, 0.1) is 30.0 Å². The van der Waals surface area contributed by atoms with Gasteiger partial charge in [-0.25, -0.2) is 13.1 Å². The molecule has 0 unspecified atom stereocenters. The Morgan fingerprint density at radius 1 is 1.33 bits per heavy atom. The van der Waals surface area contributed by atoms with E-state index in [9.17, 15) is 13.2 Å². The summed E-state index contributed by atoms with van der Waals surface area (Å²) >= 11 is 0. The van der Waals surface area contributed by atoms with E-state index in [-0.39, 0.29) is 22.8 Å². The van der Waals surface area contributed by atoms with E-state index in [4.69, 9.17) is 10.00 Å². The molecular formula is C16H17N3O4S. The molecule has 0 aliphatic rings. The number of nitrogens with zero attached hydrogens (tertiary/aromatic N) is 3. The van der Waals surface area contributed by atoms with Crippen molar-refractivity contribution in [3.63, 3.8) is 0 Å². The van der Waals surface area contributed by atoms with Crippen LogP contribution >= 0.6 is 0 Å². The number of aromatic nitrogens is 2. The molecule has 8 heteroatoms. The van der Waals surface area contributed by atoms with Gasteiger partial charge in [-0.2, -0.15) is 10.4 Å². The van der Waals surface area contributed by atoms with Crippen molar-refractivity contribution in [2.24, 2.45) is 0 Å². The number of hydrogen-bond acceptors (Lipinski definition) is 6. The zero-order valence-electron chi connectivity index (χ0n) is 13.6. The molecule has 2 aromatic rings. The monoisotopic (exact) mass is 347 g/mol. The van der Waals surface area contributed by atoms with E-state index >= 15 is 0 Å². The Morgan fingerprint density at radius 2 is 2.04 bits per heavy atom. The van der Waals surface area contributed by atoms with Gasteiger partial charge in [0.2, 0.25) is 0 Å². The van der Waals surface area contributed by atoms with Gasteiger partial charge in [0.15, 0.2) is 9.84 Å². The number of methoxy groups -OCH3 is 1. The number of benzene rings is 1. The Hall–Kier alpha value is -2.66. The van der Waals surface area contributed by atoms with Crippen LogP contribution in [0.3, 0.4) is 0 Å². The lowest BCUT2D eigenvalue weighted by molar-refractivity contribution is 0.413. The summed E-state index contributed by atoms with van der Waals surface area (Å²) < 4.78 is 30.9. The maximum Gasteiger partial charge on any atom is 0.284 e. The van der Waals surface area contributed by atoms with E-state index in [2.05, 4.69) is 5.10 Å². The minimum absolute atomic E-state index is 0.0127. The van der Waals surface area contributed by atoms with Gasteiger partial charge in [-0.15, -0.1) is 0 Å². The Bertz CT molecular complexity index is 972. The third-order valence-corrected chi connectivity index (χ3v) is 5.41. The van der Waals surface area contributed by atoms with Crippen molar-refractivity contribution in [3.8, 4) is 11.8 Å². The number of sulfone groups is 1. The second kappa shape index (κ2) is 6.84. The van der Waals surface area contributed by atoms with Crippen LogP contribution in [0.5, 0.6) is 5.75 Å². The van der Waals surface area contributed by atoms with Crippen molar-refractivity contribution in [3.05, 3.63) is 51.4 Å². The summed E-state index contributed by atoms with van der Waals surface area (Å²) in [6.07, 6.45) is 0. The first-order valence-electron chi connectivity index (χ1n) is 7.15. The summed E-state index contributed by atoms with van der Waals surface area (Å²) in [5.74, 6) is 0.129. The Labute approximate surface area is 140 Å². The van der Waals surface area contributed by atoms with Gasteiger partial charge < -0.3 is 4.74 Å². The molecule has 0 N–H and O–H groups in total. The molecule has 7 nitrogen and oxygen atoms in total. The van der Waals surface area contributed by atoms with Crippen molar-refractivity contribution in [1.82, 2.24) is 9.78 Å². The number of nitriles is 1. The third-order valence-electron chi connectivity index (χ3n) is 3.72. The van der Waals surface area contributed by atoms with E-state index in [1.807, 2.05) is 6.07 Å². The third kappa shape index (κ3) is 3.46. The molecule has 0 spiro atoms. The van der Waals surface area contributed by atoms with Crippen molar-refractivity contribution < 1.29 is 13.2 Å². The van der Waals surface area contributed by atoms with Gasteiger partial charge in [0.25, 0.3) is 5.56 Å². The van der Waals surface area contributed by atoms with Crippen LogP contribution in [0.4, 0.5) is 0 Å². The lowest BCUT2D eigenvalue weighted by atomic mass is 10.1. The van der Waals surface area contributed by atoms with Crippen LogP contribution in [0.25, 0.3) is 0 Å². The molecule has 1 heterocycles. The van der Waals surface area contributed by atoms with E-state index in [0.717, 1.165) is 4.68 Å². The number of aryl methyl sites for hydroxylation is 2.